The molecule has 26 nitrogen and oxygen atoms in total. The van der Waals surface area contributed by atoms with Gasteiger partial charge in [0.2, 0.25) is 0 Å². The van der Waals surface area contributed by atoms with E-state index in [4.69, 9.17) is 0 Å². The van der Waals surface area contributed by atoms with Crippen LogP contribution in [-0.2, 0) is 0 Å². The van der Waals surface area contributed by atoms with Crippen LogP contribution in [0.2, 0.25) is 0 Å². The summed E-state index contributed by atoms with van der Waals surface area (Å²) in [5.41, 5.74) is 0. The fraction of sp³-hybridized carbons (Fsp3) is 1.00. The summed E-state index contributed by atoms with van der Waals surface area (Å²) >= 11 is 0. The van der Waals surface area contributed by atoms with Crippen molar-refractivity contribution in [3.8, 4) is 0 Å². The molecule has 0 aliphatic rings. The molecule has 36 heteroatoms. The van der Waals surface area contributed by atoms with Crippen LogP contribution in [0.15, 0.2) is 0 Å². The third kappa shape index (κ3) is 105. The molecule has 0 aromatic heterocycles. The van der Waals surface area contributed by atoms with E-state index in [1.54, 1.807) is 0 Å². The molecule has 0 fully saturated rings. The molecule has 0 bridgehead atoms. The molecule has 0 radical (unpaired) electrons. The minimum absolute atomic E-state index is 0. The minimum Gasteiger partial charge on any atom is -1.00 e. The second-order valence-electron chi connectivity index (χ2n) is 40.0. The van der Waals surface area contributed by atoms with E-state index in [1.165, 1.54) is 0 Å². The van der Waals surface area contributed by atoms with E-state index in [2.05, 4.69) is 240 Å². The monoisotopic (exact) mass is 1930 g/mol. The summed E-state index contributed by atoms with van der Waals surface area (Å²) in [5.74, 6) is 0. The zero-order valence-electron chi connectivity index (χ0n) is 75.2. The molecule has 0 spiro atoms. The van der Waals surface area contributed by atoms with Gasteiger partial charge in [0, 0.05) is 118 Å². The average molecular weight is 1940 g/mol. The second kappa shape index (κ2) is 79.8. The Labute approximate surface area is 797 Å². The van der Waals surface area contributed by atoms with E-state index in [-0.39, 0.29) is 183 Å². The summed E-state index contributed by atoms with van der Waals surface area (Å²) in [4.78, 5) is 13.3. The molecule has 0 saturated carbocycles. The summed E-state index contributed by atoms with van der Waals surface area (Å²) in [7, 11) is 56.5. The van der Waals surface area contributed by atoms with Crippen molar-refractivity contribution in [2.45, 2.75) is 160 Å². The number of hydrogen-bond acceptors (Lipinski definition) is 16. The summed E-state index contributed by atoms with van der Waals surface area (Å²) in [6, 6.07) is 0. The number of aliphatic hydroxyl groups is 10. The molecule has 10 atom stereocenters. The van der Waals surface area contributed by atoms with Gasteiger partial charge in [-0.05, 0) is 19.3 Å². The number of likely N-dealkylation sites (N-methyl/N-ethyl adjacent to an activating group) is 10. The van der Waals surface area contributed by atoms with Crippen LogP contribution in [0.3, 0.4) is 0 Å². The molecular weight excluding hydrogens is 1720 g/mol. The predicted molar refractivity (Wildman–Crippen MR) is 469 cm³/mol. The first kappa shape index (κ1) is 170. The molecule has 10 N–H and O–H groups in total. The first-order valence-electron chi connectivity index (χ1n) is 38.2. The van der Waals surface area contributed by atoms with E-state index in [9.17, 15) is 51.1 Å². The average Bonchev–Trinajstić information content (AvgIpc) is 0.882. The van der Waals surface area contributed by atoms with Gasteiger partial charge in [-0.1, -0.05) is 80.2 Å². The van der Waals surface area contributed by atoms with E-state index in [0.29, 0.717) is 215 Å². The van der Waals surface area contributed by atoms with Gasteiger partial charge in [0.05, 0.1) is 210 Å². The molecule has 0 aliphatic carbocycles. The maximum absolute atomic E-state index is 11.2. The highest BCUT2D eigenvalue weighted by Gasteiger charge is 2.32. The largest absolute Gasteiger partial charge is 1.00 e. The molecule has 0 amide bonds. The predicted octanol–water partition coefficient (Wildman–Crippen LogP) is -28.1. The molecule has 10 unspecified atom stereocenters. The molecule has 0 aromatic rings. The third-order valence-corrected chi connectivity index (χ3v) is 17.5. The van der Waals surface area contributed by atoms with Crippen molar-refractivity contribution in [1.29, 1.82) is 0 Å². The van der Waals surface area contributed by atoms with Crippen LogP contribution in [0.5, 0.6) is 0 Å². The Balaban J connectivity index is -0.0000000785. The van der Waals surface area contributed by atoms with Crippen molar-refractivity contribution in [1.82, 2.24) is 29.4 Å². The van der Waals surface area contributed by atoms with Crippen molar-refractivity contribution in [2.75, 3.05) is 393 Å². The number of halogens is 10. The van der Waals surface area contributed by atoms with Gasteiger partial charge >= 0.3 is 0 Å². The molecule has 0 aromatic carbocycles. The SMILES string of the molecule is C.C.C.C.C.C.C.C.CCC[N+](C)(C)CC(O)CN(CCN(CCN(CC(O)C[N+](C)(C)C)CC(O)C[N+](C)(C)C)CC(O)C[N+](C)(C)C)CC(O)C[N+](C)(C)C.CCC[N+](C)(C)CC(O)CN(CCN(CCN(CC(O)C[N+](C)(C)C)CC(O)C[N+](C)(C)CCC)CC(O)C[N+](C)(C)C)CC(O)C[N+](C)(C)C.[Cl-].[Cl-].[Cl-].[Cl-].[Cl-].[Cl-].[Cl-].[Cl-].[Cl-].[Cl-]. The van der Waals surface area contributed by atoms with Crippen molar-refractivity contribution >= 4 is 0 Å². The van der Waals surface area contributed by atoms with Gasteiger partial charge in [-0.3, -0.25) is 29.4 Å². The van der Waals surface area contributed by atoms with Crippen LogP contribution in [0.1, 0.15) is 99.4 Å². The number of nitrogens with zero attached hydrogens (tertiary/aromatic N) is 16. The lowest BCUT2D eigenvalue weighted by Gasteiger charge is -2.37. The number of hydrogen-bond donors (Lipinski definition) is 10. The Hall–Kier alpha value is 1.86. The van der Waals surface area contributed by atoms with Crippen LogP contribution in [-0.4, -0.2) is 580 Å². The Kier molecular flexibility index (Phi) is 115. The summed E-state index contributed by atoms with van der Waals surface area (Å²) in [5, 5.41) is 111. The highest BCUT2D eigenvalue weighted by molar-refractivity contribution is 4.79. The van der Waals surface area contributed by atoms with Gasteiger partial charge in [-0.25, -0.2) is 0 Å². The van der Waals surface area contributed by atoms with Crippen LogP contribution < -0.4 is 124 Å². The van der Waals surface area contributed by atoms with Crippen molar-refractivity contribution in [3.63, 3.8) is 0 Å². The van der Waals surface area contributed by atoms with Gasteiger partial charge in [-0.15, -0.1) is 0 Å². The lowest BCUT2D eigenvalue weighted by Crippen LogP contribution is -3.00. The van der Waals surface area contributed by atoms with Crippen LogP contribution in [0.4, 0.5) is 0 Å². The van der Waals surface area contributed by atoms with E-state index in [0.717, 1.165) is 52.3 Å². The lowest BCUT2D eigenvalue weighted by molar-refractivity contribution is -0.893. The van der Waals surface area contributed by atoms with Gasteiger partial charge in [-0.2, -0.15) is 0 Å². The molecular formula is C82H210Cl10N16O10. The van der Waals surface area contributed by atoms with Gasteiger partial charge in [0.1, 0.15) is 126 Å². The fourth-order valence-electron chi connectivity index (χ4n) is 14.5. The Morgan fingerprint density at radius 3 is 0.364 bits per heavy atom. The highest BCUT2D eigenvalue weighted by atomic mass is 35.5. The van der Waals surface area contributed by atoms with Gasteiger partial charge in [0.15, 0.2) is 0 Å². The van der Waals surface area contributed by atoms with Crippen LogP contribution in [0.25, 0.3) is 0 Å². The van der Waals surface area contributed by atoms with Crippen molar-refractivity contribution < 1.29 is 220 Å². The molecule has 0 rings (SSSR count). The standard InChI is InChI=1S/C38H91N8O5.C36H87N8O5.8CH4.10ClH/c1-16-22-45(12,13)32-37(50)27-40(25-35(48)30-43(6,7)8)20-18-39(24-34(47)29-42(3,4)5)19-21-41(26-36(49)31-44(9,10)11)28-38(51)33-46(14,15)23-17-2;1-16-21-44(14,15)31-36(49)26-39(25-35(48)30-43(11,12)13)20-18-37(22-32(45)27-40(2,3)4)17-19-38(23-33(46)28-41(5,6)7)24-34(47)29-42(8,9)10;;;;;;;;;;;;;;;;;;/h34-38,47-51H,16-33H2,1-15H3;32-36,45-49H,16-31H2,1-15H3;8*1H4;10*1H/q2*+5;;;;;;;;;;;;;;;;;;/p-10. The summed E-state index contributed by atoms with van der Waals surface area (Å²) < 4.78 is 6.78. The Morgan fingerprint density at radius 2 is 0.263 bits per heavy atom. The number of rotatable bonds is 58. The molecule has 118 heavy (non-hydrogen) atoms. The molecule has 0 saturated heterocycles. The number of quaternary nitrogens is 10. The first-order valence-corrected chi connectivity index (χ1v) is 38.2. The smallest absolute Gasteiger partial charge is 0.115 e. The maximum atomic E-state index is 11.2. The normalized spacial score (nSPS) is 14.5. The highest BCUT2D eigenvalue weighted by Crippen LogP contribution is 2.14. The lowest BCUT2D eigenvalue weighted by atomic mass is 10.2. The van der Waals surface area contributed by atoms with E-state index < -0.39 is 61.0 Å². The zero-order chi connectivity index (χ0) is 78.3. The Morgan fingerprint density at radius 1 is 0.169 bits per heavy atom. The van der Waals surface area contributed by atoms with Gasteiger partial charge in [0.25, 0.3) is 0 Å². The second-order valence-corrected chi connectivity index (χ2v) is 40.0. The maximum Gasteiger partial charge on any atom is 0.115 e. The van der Waals surface area contributed by atoms with E-state index in [1.807, 2.05) is 0 Å². The quantitative estimate of drug-likeness (QED) is 0.0256. The fourth-order valence-corrected chi connectivity index (χ4v) is 14.5. The van der Waals surface area contributed by atoms with Gasteiger partial charge < -0.3 is 220 Å². The van der Waals surface area contributed by atoms with E-state index >= 15 is 0 Å². The molecule has 748 valence electrons. The molecule has 0 aliphatic heterocycles. The topological polar surface area (TPSA) is 222 Å². The summed E-state index contributed by atoms with van der Waals surface area (Å²) in [6.07, 6.45) is -2.21. The Bertz CT molecular complexity index is 2030. The van der Waals surface area contributed by atoms with Crippen LogP contribution >= 0.6 is 0 Å². The molecule has 0 heterocycles. The summed E-state index contributed by atoms with van der Waals surface area (Å²) in [6.45, 7) is 25.5. The minimum atomic E-state index is -0.539. The number of aliphatic hydroxyl groups excluding tert-OH is 10. The first-order chi connectivity index (χ1) is 45.0. The van der Waals surface area contributed by atoms with Crippen molar-refractivity contribution in [2.24, 2.45) is 0 Å². The third-order valence-electron chi connectivity index (χ3n) is 17.5. The zero-order valence-corrected chi connectivity index (χ0v) is 82.8. The van der Waals surface area contributed by atoms with Crippen molar-refractivity contribution in [3.05, 3.63) is 0 Å². The van der Waals surface area contributed by atoms with Crippen LogP contribution in [0, 0.1) is 0 Å².